The second-order valence-corrected chi connectivity index (χ2v) is 9.34. The zero-order valence-electron chi connectivity index (χ0n) is 17.4. The van der Waals surface area contributed by atoms with Crippen molar-refractivity contribution >= 4 is 52.3 Å². The maximum Gasteiger partial charge on any atom is 0.241 e. The van der Waals surface area contributed by atoms with Gasteiger partial charge in [-0.25, -0.2) is 4.90 Å². The molecule has 3 aromatic rings. The van der Waals surface area contributed by atoms with Crippen molar-refractivity contribution in [3.05, 3.63) is 99.5 Å². The number of ketones is 2. The molecular weight excluding hydrogens is 477 g/mol. The molecule has 6 nitrogen and oxygen atoms in total. The lowest BCUT2D eigenvalue weighted by Crippen LogP contribution is -2.51. The van der Waals surface area contributed by atoms with Gasteiger partial charge >= 0.3 is 0 Å². The summed E-state index contributed by atoms with van der Waals surface area (Å²) in [6.07, 6.45) is -0.979. The fourth-order valence-electron chi connectivity index (χ4n) is 5.36. The maximum atomic E-state index is 13.9. The fraction of sp³-hybridized carbons (Fsp3) is 0.154. The maximum absolute atomic E-state index is 13.9. The van der Waals surface area contributed by atoms with E-state index < -0.39 is 46.9 Å². The van der Waals surface area contributed by atoms with E-state index in [1.165, 1.54) is 30.3 Å². The molecule has 0 bridgehead atoms. The van der Waals surface area contributed by atoms with E-state index in [0.717, 1.165) is 4.90 Å². The predicted octanol–water partition coefficient (Wildman–Crippen LogP) is 4.69. The smallest absolute Gasteiger partial charge is 0.241 e. The normalized spacial score (nSPS) is 24.8. The van der Waals surface area contributed by atoms with Gasteiger partial charge in [-0.1, -0.05) is 77.8 Å². The second kappa shape index (κ2) is 7.34. The minimum absolute atomic E-state index is 0.107. The Labute approximate surface area is 204 Å². The first-order valence-corrected chi connectivity index (χ1v) is 11.4. The van der Waals surface area contributed by atoms with Crippen molar-refractivity contribution in [2.75, 3.05) is 4.90 Å². The summed E-state index contributed by atoms with van der Waals surface area (Å²) in [6, 6.07) is 19.6. The van der Waals surface area contributed by atoms with Crippen LogP contribution in [0, 0.1) is 11.8 Å². The van der Waals surface area contributed by atoms with Crippen molar-refractivity contribution in [3.63, 3.8) is 0 Å². The number of hydrogen-bond acceptors (Lipinski definition) is 5. The molecule has 2 amide bonds. The number of carbonyl (C=O) groups excluding carboxylic acids is 4. The van der Waals surface area contributed by atoms with Crippen LogP contribution in [0.1, 0.15) is 32.4 Å². The molecule has 2 heterocycles. The number of amides is 2. The summed E-state index contributed by atoms with van der Waals surface area (Å²) in [5, 5.41) is 0.424. The quantitative estimate of drug-likeness (QED) is 0.383. The van der Waals surface area contributed by atoms with Gasteiger partial charge in [-0.2, -0.15) is 0 Å². The van der Waals surface area contributed by atoms with Gasteiger partial charge in [0.2, 0.25) is 29.0 Å². The van der Waals surface area contributed by atoms with Crippen molar-refractivity contribution in [2.45, 2.75) is 11.7 Å². The number of hydrogen-bond donors (Lipinski definition) is 0. The Morgan fingerprint density at radius 3 is 2.03 bits per heavy atom. The summed E-state index contributed by atoms with van der Waals surface area (Å²) in [5.41, 5.74) is -1.07. The van der Waals surface area contributed by atoms with E-state index in [1.54, 1.807) is 42.5 Å². The van der Waals surface area contributed by atoms with Crippen LogP contribution in [0.15, 0.2) is 72.8 Å². The molecular formula is C26H15Cl2NO5. The summed E-state index contributed by atoms with van der Waals surface area (Å²) in [7, 11) is 0. The molecule has 1 aliphatic carbocycles. The van der Waals surface area contributed by atoms with Crippen LogP contribution < -0.4 is 4.90 Å². The Bertz CT molecular complexity index is 1380. The van der Waals surface area contributed by atoms with Crippen molar-refractivity contribution in [1.82, 2.24) is 0 Å². The molecule has 3 atom stereocenters. The van der Waals surface area contributed by atoms with Gasteiger partial charge in [0.05, 0.1) is 28.6 Å². The average Bonchev–Trinajstić information content (AvgIpc) is 3.41. The van der Waals surface area contributed by atoms with Crippen LogP contribution in [0.3, 0.4) is 0 Å². The lowest BCUT2D eigenvalue weighted by atomic mass is 9.77. The molecule has 34 heavy (non-hydrogen) atoms. The van der Waals surface area contributed by atoms with E-state index in [2.05, 4.69) is 0 Å². The highest BCUT2D eigenvalue weighted by Crippen LogP contribution is 2.58. The summed E-state index contributed by atoms with van der Waals surface area (Å²) < 4.78 is 6.22. The molecule has 0 radical (unpaired) electrons. The van der Waals surface area contributed by atoms with Crippen molar-refractivity contribution < 1.29 is 23.9 Å². The van der Waals surface area contributed by atoms with Gasteiger partial charge in [0, 0.05) is 16.1 Å². The minimum Gasteiger partial charge on any atom is -0.349 e. The minimum atomic E-state index is -2.12. The highest BCUT2D eigenvalue weighted by molar-refractivity contribution is 6.40. The van der Waals surface area contributed by atoms with E-state index in [-0.39, 0.29) is 26.9 Å². The van der Waals surface area contributed by atoms with Crippen LogP contribution >= 0.6 is 23.2 Å². The Kier molecular flexibility index (Phi) is 4.58. The lowest BCUT2D eigenvalue weighted by Gasteiger charge is -2.27. The third kappa shape index (κ3) is 2.61. The van der Waals surface area contributed by atoms with Crippen LogP contribution in [0.4, 0.5) is 5.69 Å². The van der Waals surface area contributed by atoms with Gasteiger partial charge in [-0.05, 0) is 23.8 Å². The van der Waals surface area contributed by atoms with Gasteiger partial charge < -0.3 is 4.74 Å². The fourth-order valence-corrected chi connectivity index (χ4v) is 5.72. The molecule has 0 aromatic heterocycles. The number of Topliss-reactive ketones (excluding diaryl/α,β-unsaturated/α-hetero) is 2. The summed E-state index contributed by atoms with van der Waals surface area (Å²) in [6.45, 7) is 0. The van der Waals surface area contributed by atoms with Crippen molar-refractivity contribution in [3.8, 4) is 0 Å². The van der Waals surface area contributed by atoms with E-state index >= 15 is 0 Å². The zero-order valence-corrected chi connectivity index (χ0v) is 18.9. The number of halogens is 2. The first-order chi connectivity index (χ1) is 16.4. The van der Waals surface area contributed by atoms with E-state index in [4.69, 9.17) is 27.9 Å². The van der Waals surface area contributed by atoms with Crippen LogP contribution in [0.25, 0.3) is 0 Å². The number of benzene rings is 3. The highest BCUT2D eigenvalue weighted by atomic mass is 35.5. The van der Waals surface area contributed by atoms with Crippen molar-refractivity contribution in [1.29, 1.82) is 0 Å². The van der Waals surface area contributed by atoms with Gasteiger partial charge in [0.1, 0.15) is 0 Å². The molecule has 0 unspecified atom stereocenters. The number of fused-ring (bicyclic) bond motifs is 3. The highest BCUT2D eigenvalue weighted by Gasteiger charge is 2.74. The summed E-state index contributed by atoms with van der Waals surface area (Å²) >= 11 is 12.5. The molecule has 6 rings (SSSR count). The summed E-state index contributed by atoms with van der Waals surface area (Å²) in [4.78, 5) is 56.0. The van der Waals surface area contributed by atoms with E-state index in [0.29, 0.717) is 5.56 Å². The molecule has 168 valence electrons. The Morgan fingerprint density at radius 2 is 1.38 bits per heavy atom. The molecule has 2 fully saturated rings. The molecule has 3 aliphatic rings. The van der Waals surface area contributed by atoms with Crippen LogP contribution in [0.2, 0.25) is 10.0 Å². The molecule has 0 N–H and O–H groups in total. The number of rotatable bonds is 2. The zero-order chi connectivity index (χ0) is 23.8. The molecule has 3 aromatic carbocycles. The molecule has 0 saturated carbocycles. The lowest BCUT2D eigenvalue weighted by molar-refractivity contribution is -0.127. The van der Waals surface area contributed by atoms with E-state index in [9.17, 15) is 19.2 Å². The van der Waals surface area contributed by atoms with Gasteiger partial charge in [0.25, 0.3) is 0 Å². The topological polar surface area (TPSA) is 80.8 Å². The Morgan fingerprint density at radius 1 is 0.765 bits per heavy atom. The molecule has 1 spiro atoms. The molecule has 2 saturated heterocycles. The third-order valence-electron chi connectivity index (χ3n) is 6.80. The molecule has 2 aliphatic heterocycles. The van der Waals surface area contributed by atoms with Crippen LogP contribution in [-0.4, -0.2) is 29.0 Å². The molecule has 8 heteroatoms. The largest absolute Gasteiger partial charge is 0.349 e. The van der Waals surface area contributed by atoms with Crippen LogP contribution in [-0.2, 0) is 14.3 Å². The second-order valence-electron chi connectivity index (χ2n) is 8.50. The SMILES string of the molecule is O=C1[C@H]2[C@@H](c3ccccc3)OC3(C(=O)c4ccccc4C3=O)[C@@H]2C(=O)N1c1cc(Cl)ccc1Cl. The first-order valence-electron chi connectivity index (χ1n) is 10.6. The predicted molar refractivity (Wildman–Crippen MR) is 124 cm³/mol. The summed E-state index contributed by atoms with van der Waals surface area (Å²) in [5.74, 6) is -4.96. The number of carbonyl (C=O) groups is 4. The van der Waals surface area contributed by atoms with E-state index in [1.807, 2.05) is 0 Å². The average molecular weight is 492 g/mol. The number of nitrogens with zero attached hydrogens (tertiary/aromatic N) is 1. The number of anilines is 1. The Balaban J connectivity index is 1.57. The number of ether oxygens (including phenoxy) is 1. The monoisotopic (exact) mass is 491 g/mol. The third-order valence-corrected chi connectivity index (χ3v) is 7.35. The number of imide groups is 1. The van der Waals surface area contributed by atoms with Gasteiger partial charge in [-0.15, -0.1) is 0 Å². The van der Waals surface area contributed by atoms with Gasteiger partial charge in [0.15, 0.2) is 0 Å². The van der Waals surface area contributed by atoms with Crippen molar-refractivity contribution in [2.24, 2.45) is 11.8 Å². The van der Waals surface area contributed by atoms with Gasteiger partial charge in [-0.3, -0.25) is 19.2 Å². The Hall–Kier alpha value is -3.32. The first kappa shape index (κ1) is 21.2. The standard InChI is InChI=1S/C26H15Cl2NO5/c27-14-10-11-17(28)18(12-14)29-24(32)19-20(25(29)33)26(34-21(19)13-6-2-1-3-7-13)22(30)15-8-4-5-9-16(15)23(26)31/h1-12,19-21H/t19-,20+,21-/m1/s1. The van der Waals surface area contributed by atoms with Crippen LogP contribution in [0.5, 0.6) is 0 Å².